The number of likely N-dealkylation sites (N-methyl/N-ethyl adjacent to an activating group) is 1. The number of carbonyl (C=O) groups excluding carboxylic acids is 3. The van der Waals surface area contributed by atoms with E-state index in [-0.39, 0.29) is 24.4 Å². The van der Waals surface area contributed by atoms with Gasteiger partial charge in [0.05, 0.1) is 23.7 Å². The van der Waals surface area contributed by atoms with E-state index in [1.165, 1.54) is 4.90 Å². The van der Waals surface area contributed by atoms with Crippen LogP contribution in [0.5, 0.6) is 0 Å². The van der Waals surface area contributed by atoms with Crippen LogP contribution in [0.2, 0.25) is 0 Å². The van der Waals surface area contributed by atoms with Crippen molar-refractivity contribution in [2.24, 2.45) is 0 Å². The highest BCUT2D eigenvalue weighted by atomic mass is 16.5. The fourth-order valence-corrected chi connectivity index (χ4v) is 2.47. The van der Waals surface area contributed by atoms with Crippen LogP contribution in [0.1, 0.15) is 55.7 Å². The number of pyridine rings is 1. The number of esters is 1. The van der Waals surface area contributed by atoms with Crippen molar-refractivity contribution in [3.05, 3.63) is 23.5 Å². The van der Waals surface area contributed by atoms with Gasteiger partial charge in [-0.15, -0.1) is 0 Å². The summed E-state index contributed by atoms with van der Waals surface area (Å²) in [5.74, 6) is -1.33. The summed E-state index contributed by atoms with van der Waals surface area (Å²) in [5.41, 5.74) is 1.66. The summed E-state index contributed by atoms with van der Waals surface area (Å²) in [6.45, 7) is 7.30. The Labute approximate surface area is 164 Å². The molecule has 0 saturated carbocycles. The van der Waals surface area contributed by atoms with Gasteiger partial charge in [-0.25, -0.2) is 14.5 Å². The van der Waals surface area contributed by atoms with E-state index < -0.39 is 18.5 Å². The molecule has 2 heterocycles. The molecule has 2 aromatic rings. The van der Waals surface area contributed by atoms with Crippen LogP contribution in [-0.2, 0) is 14.3 Å². The molecule has 2 rings (SSSR count). The zero-order chi connectivity index (χ0) is 21.0. The number of fused-ring (bicyclic) bond motifs is 1. The SMILES string of the molecule is CC(C)c1cc(C(=O)OCC(=O)NCC(=O)N(C)C)c2cnn(C(C)C)c2n1. The molecule has 0 aromatic carbocycles. The molecule has 28 heavy (non-hydrogen) atoms. The second-order valence-electron chi connectivity index (χ2n) is 7.31. The van der Waals surface area contributed by atoms with E-state index in [1.807, 2.05) is 27.7 Å². The first-order valence-electron chi connectivity index (χ1n) is 9.14. The molecular formula is C19H27N5O4. The minimum absolute atomic E-state index is 0.0799. The van der Waals surface area contributed by atoms with Gasteiger partial charge in [0.2, 0.25) is 5.91 Å². The molecule has 9 nitrogen and oxygen atoms in total. The van der Waals surface area contributed by atoms with Crippen LogP contribution in [0.4, 0.5) is 0 Å². The molecule has 0 spiro atoms. The monoisotopic (exact) mass is 389 g/mol. The first-order valence-corrected chi connectivity index (χ1v) is 9.14. The number of ether oxygens (including phenoxy) is 1. The summed E-state index contributed by atoms with van der Waals surface area (Å²) in [7, 11) is 3.18. The summed E-state index contributed by atoms with van der Waals surface area (Å²) in [5, 5.41) is 7.32. The predicted octanol–water partition coefficient (Wildman–Crippen LogP) is 1.50. The van der Waals surface area contributed by atoms with Crippen LogP contribution in [0, 0.1) is 0 Å². The van der Waals surface area contributed by atoms with Gasteiger partial charge in [-0.1, -0.05) is 13.8 Å². The highest BCUT2D eigenvalue weighted by molar-refractivity contribution is 6.03. The standard InChI is InChI=1S/C19H27N5O4/c1-11(2)15-7-13(14-8-21-24(12(3)4)18(14)22-15)19(27)28-10-16(25)20-9-17(26)23(5)6/h7-8,11-12H,9-10H2,1-6H3,(H,20,25). The Morgan fingerprint density at radius 1 is 1.21 bits per heavy atom. The summed E-state index contributed by atoms with van der Waals surface area (Å²) >= 11 is 0. The number of hydrogen-bond donors (Lipinski definition) is 1. The zero-order valence-corrected chi connectivity index (χ0v) is 17.1. The fourth-order valence-electron chi connectivity index (χ4n) is 2.47. The van der Waals surface area contributed by atoms with E-state index in [1.54, 1.807) is 31.0 Å². The van der Waals surface area contributed by atoms with E-state index in [4.69, 9.17) is 4.74 Å². The van der Waals surface area contributed by atoms with Gasteiger partial charge in [-0.05, 0) is 25.8 Å². The van der Waals surface area contributed by atoms with Crippen molar-refractivity contribution in [3.8, 4) is 0 Å². The quantitative estimate of drug-likeness (QED) is 0.719. The molecule has 9 heteroatoms. The first kappa shape index (κ1) is 21.3. The molecule has 0 aliphatic carbocycles. The Bertz CT molecular complexity index is 886. The van der Waals surface area contributed by atoms with Gasteiger partial charge in [-0.2, -0.15) is 5.10 Å². The maximum atomic E-state index is 12.6. The van der Waals surface area contributed by atoms with Crippen molar-refractivity contribution < 1.29 is 19.1 Å². The normalized spacial score (nSPS) is 11.1. The first-order chi connectivity index (χ1) is 13.1. The van der Waals surface area contributed by atoms with Gasteiger partial charge in [0.15, 0.2) is 12.3 Å². The summed E-state index contributed by atoms with van der Waals surface area (Å²) in [6.07, 6.45) is 1.58. The Hall–Kier alpha value is -2.97. The predicted molar refractivity (Wildman–Crippen MR) is 104 cm³/mol. The third-order valence-corrected chi connectivity index (χ3v) is 4.16. The number of nitrogens with one attached hydrogen (secondary N) is 1. The molecule has 0 unspecified atom stereocenters. The van der Waals surface area contributed by atoms with Gasteiger partial charge in [0.25, 0.3) is 5.91 Å². The lowest BCUT2D eigenvalue weighted by atomic mass is 10.1. The van der Waals surface area contributed by atoms with Crippen molar-refractivity contribution in [3.63, 3.8) is 0 Å². The summed E-state index contributed by atoms with van der Waals surface area (Å²) in [6, 6.07) is 1.76. The Balaban J connectivity index is 2.18. The van der Waals surface area contributed by atoms with Gasteiger partial charge in [0.1, 0.15) is 0 Å². The van der Waals surface area contributed by atoms with Crippen LogP contribution in [0.3, 0.4) is 0 Å². The van der Waals surface area contributed by atoms with Gasteiger partial charge in [0, 0.05) is 25.8 Å². The number of rotatable bonds is 7. The largest absolute Gasteiger partial charge is 0.452 e. The number of amides is 2. The van der Waals surface area contributed by atoms with E-state index in [9.17, 15) is 14.4 Å². The average Bonchev–Trinajstić information content (AvgIpc) is 3.07. The van der Waals surface area contributed by atoms with E-state index in [0.717, 1.165) is 5.69 Å². The minimum Gasteiger partial charge on any atom is -0.452 e. The summed E-state index contributed by atoms with van der Waals surface area (Å²) in [4.78, 5) is 42.0. The van der Waals surface area contributed by atoms with Crippen LogP contribution >= 0.6 is 0 Å². The lowest BCUT2D eigenvalue weighted by Crippen LogP contribution is -2.38. The Kier molecular flexibility index (Phi) is 6.71. The maximum absolute atomic E-state index is 12.6. The molecule has 0 bridgehead atoms. The van der Waals surface area contributed by atoms with Gasteiger partial charge >= 0.3 is 5.97 Å². The van der Waals surface area contributed by atoms with E-state index >= 15 is 0 Å². The van der Waals surface area contributed by atoms with E-state index in [0.29, 0.717) is 16.6 Å². The van der Waals surface area contributed by atoms with E-state index in [2.05, 4.69) is 15.4 Å². The van der Waals surface area contributed by atoms with Crippen LogP contribution < -0.4 is 5.32 Å². The lowest BCUT2D eigenvalue weighted by Gasteiger charge is -2.12. The van der Waals surface area contributed by atoms with Crippen LogP contribution in [-0.4, -0.2) is 64.7 Å². The van der Waals surface area contributed by atoms with Crippen molar-refractivity contribution in [1.29, 1.82) is 0 Å². The highest BCUT2D eigenvalue weighted by Gasteiger charge is 2.20. The molecule has 0 radical (unpaired) electrons. The van der Waals surface area contributed by atoms with Crippen molar-refractivity contribution in [1.82, 2.24) is 25.0 Å². The second-order valence-corrected chi connectivity index (χ2v) is 7.31. The third-order valence-electron chi connectivity index (χ3n) is 4.16. The molecule has 0 saturated heterocycles. The second kappa shape index (κ2) is 8.81. The fraction of sp³-hybridized carbons (Fsp3) is 0.526. The molecule has 0 aliphatic heterocycles. The molecule has 0 fully saturated rings. The Morgan fingerprint density at radius 2 is 1.89 bits per heavy atom. The topological polar surface area (TPSA) is 106 Å². The molecule has 2 aromatic heterocycles. The van der Waals surface area contributed by atoms with Crippen LogP contribution in [0.15, 0.2) is 12.3 Å². The number of hydrogen-bond acceptors (Lipinski definition) is 6. The van der Waals surface area contributed by atoms with Gasteiger partial charge < -0.3 is 15.0 Å². The molecule has 0 aliphatic rings. The number of aromatic nitrogens is 3. The minimum atomic E-state index is -0.633. The molecule has 1 N–H and O–H groups in total. The molecule has 0 atom stereocenters. The zero-order valence-electron chi connectivity index (χ0n) is 17.1. The highest BCUT2D eigenvalue weighted by Crippen LogP contribution is 2.24. The number of nitrogens with zero attached hydrogens (tertiary/aromatic N) is 4. The molecule has 152 valence electrons. The van der Waals surface area contributed by atoms with Crippen molar-refractivity contribution in [2.75, 3.05) is 27.2 Å². The Morgan fingerprint density at radius 3 is 2.46 bits per heavy atom. The average molecular weight is 389 g/mol. The van der Waals surface area contributed by atoms with Crippen molar-refractivity contribution >= 4 is 28.8 Å². The third kappa shape index (κ3) is 4.85. The van der Waals surface area contributed by atoms with Crippen LogP contribution in [0.25, 0.3) is 11.0 Å². The van der Waals surface area contributed by atoms with Crippen molar-refractivity contribution in [2.45, 2.75) is 39.7 Å². The summed E-state index contributed by atoms with van der Waals surface area (Å²) < 4.78 is 6.90. The molecular weight excluding hydrogens is 362 g/mol. The number of carbonyl (C=O) groups is 3. The van der Waals surface area contributed by atoms with Gasteiger partial charge in [-0.3, -0.25) is 9.59 Å². The lowest BCUT2D eigenvalue weighted by molar-refractivity contribution is -0.131. The molecule has 2 amide bonds. The smallest absolute Gasteiger partial charge is 0.339 e. The maximum Gasteiger partial charge on any atom is 0.339 e.